The van der Waals surface area contributed by atoms with Gasteiger partial charge in [0, 0.05) is 13.0 Å². The van der Waals surface area contributed by atoms with E-state index in [-0.39, 0.29) is 18.5 Å². The van der Waals surface area contributed by atoms with Crippen molar-refractivity contribution in [2.45, 2.75) is 143 Å². The summed E-state index contributed by atoms with van der Waals surface area (Å²) in [5, 5.41) is 0. The van der Waals surface area contributed by atoms with Crippen molar-refractivity contribution in [1.82, 2.24) is 0 Å². The van der Waals surface area contributed by atoms with Crippen molar-refractivity contribution in [1.29, 1.82) is 0 Å². The number of allylic oxidation sites excluding steroid dienone is 2. The molecule has 1 saturated heterocycles. The summed E-state index contributed by atoms with van der Waals surface area (Å²) in [6, 6.07) is 0. The molecule has 216 valence electrons. The molecule has 1 aliphatic heterocycles. The Morgan fingerprint density at radius 2 is 1.63 bits per heavy atom. The fraction of sp³-hybridized carbons (Fsp3) is 0.758. The third-order valence-electron chi connectivity index (χ3n) is 8.40. The van der Waals surface area contributed by atoms with Crippen LogP contribution in [0.2, 0.25) is 36.3 Å². The van der Waals surface area contributed by atoms with Crippen LogP contribution in [0.1, 0.15) is 88.5 Å². The highest BCUT2D eigenvalue weighted by Crippen LogP contribution is 2.42. The molecule has 2 rings (SSSR count). The van der Waals surface area contributed by atoms with Crippen LogP contribution in [-0.4, -0.2) is 41.5 Å². The monoisotopic (exact) mass is 558 g/mol. The minimum atomic E-state index is -1.85. The molecule has 0 aromatic rings. The average Bonchev–Trinajstić information content (AvgIpc) is 3.21. The second-order valence-corrected chi connectivity index (χ2v) is 24.1. The molecule has 38 heavy (non-hydrogen) atoms. The van der Waals surface area contributed by atoms with E-state index in [0.29, 0.717) is 34.9 Å². The summed E-state index contributed by atoms with van der Waals surface area (Å²) in [7, 11) is -3.28. The van der Waals surface area contributed by atoms with Crippen LogP contribution in [0, 0.1) is 23.3 Å². The fourth-order valence-electron chi connectivity index (χ4n) is 6.31. The molecule has 0 bridgehead atoms. The van der Waals surface area contributed by atoms with Gasteiger partial charge in [0.15, 0.2) is 14.6 Å². The van der Waals surface area contributed by atoms with Gasteiger partial charge in [0.1, 0.15) is 20.3 Å². The summed E-state index contributed by atoms with van der Waals surface area (Å²) in [6.45, 7) is 30.7. The molecule has 0 N–H and O–H groups in total. The SMILES string of the molecule is CC1=CC[C@H](C(C)C)C=C1C1OC(/C(C)=C\CCO[Si](C(C)C)(C(C)C)C(C)C)O[C@@H]1CC#C[Si](C)(C)C. The van der Waals surface area contributed by atoms with Crippen molar-refractivity contribution < 1.29 is 13.9 Å². The Morgan fingerprint density at radius 3 is 2.16 bits per heavy atom. The first-order valence-corrected chi connectivity index (χ1v) is 20.7. The van der Waals surface area contributed by atoms with E-state index in [0.717, 1.165) is 25.0 Å². The summed E-state index contributed by atoms with van der Waals surface area (Å²) in [4.78, 5) is 0. The Kier molecular flexibility index (Phi) is 12.4. The predicted octanol–water partition coefficient (Wildman–Crippen LogP) is 9.44. The van der Waals surface area contributed by atoms with Gasteiger partial charge in [0.2, 0.25) is 0 Å². The van der Waals surface area contributed by atoms with Crippen molar-refractivity contribution in [3.63, 3.8) is 0 Å². The molecule has 0 aromatic carbocycles. The zero-order valence-corrected chi connectivity index (χ0v) is 28.9. The Morgan fingerprint density at radius 1 is 1.03 bits per heavy atom. The topological polar surface area (TPSA) is 27.7 Å². The molecule has 0 spiro atoms. The molecule has 1 heterocycles. The van der Waals surface area contributed by atoms with E-state index in [4.69, 9.17) is 13.9 Å². The molecule has 0 aromatic heterocycles. The van der Waals surface area contributed by atoms with Gasteiger partial charge in [-0.25, -0.2) is 0 Å². The first-order valence-electron chi connectivity index (χ1n) is 15.1. The van der Waals surface area contributed by atoms with Crippen molar-refractivity contribution in [2.75, 3.05) is 6.61 Å². The maximum Gasteiger partial charge on any atom is 0.200 e. The summed E-state index contributed by atoms with van der Waals surface area (Å²) in [5.74, 6) is 4.63. The highest BCUT2D eigenvalue weighted by Gasteiger charge is 2.45. The first kappa shape index (κ1) is 33.3. The van der Waals surface area contributed by atoms with Crippen molar-refractivity contribution in [2.24, 2.45) is 11.8 Å². The minimum Gasteiger partial charge on any atom is -0.416 e. The van der Waals surface area contributed by atoms with Crippen LogP contribution in [0.15, 0.2) is 34.9 Å². The normalized spacial score (nSPS) is 25.2. The van der Waals surface area contributed by atoms with Gasteiger partial charge in [-0.1, -0.05) is 93.3 Å². The number of hydrogen-bond donors (Lipinski definition) is 0. The van der Waals surface area contributed by atoms with Crippen molar-refractivity contribution in [3.05, 3.63) is 34.9 Å². The highest BCUT2D eigenvalue weighted by molar-refractivity contribution is 6.83. The lowest BCUT2D eigenvalue weighted by molar-refractivity contribution is -0.0333. The third kappa shape index (κ3) is 8.54. The second kappa shape index (κ2) is 14.1. The summed E-state index contributed by atoms with van der Waals surface area (Å²) >= 11 is 0. The molecular weight excluding hydrogens is 501 g/mol. The van der Waals surface area contributed by atoms with Crippen molar-refractivity contribution >= 4 is 16.4 Å². The maximum absolute atomic E-state index is 6.78. The fourth-order valence-corrected chi connectivity index (χ4v) is 12.4. The third-order valence-corrected chi connectivity index (χ3v) is 15.4. The van der Waals surface area contributed by atoms with E-state index < -0.39 is 16.4 Å². The van der Waals surface area contributed by atoms with E-state index in [1.54, 1.807) is 0 Å². The molecular formula is C33H58O3Si2. The van der Waals surface area contributed by atoms with E-state index in [1.807, 2.05) is 0 Å². The van der Waals surface area contributed by atoms with Gasteiger partial charge in [-0.15, -0.1) is 11.5 Å². The average molecular weight is 559 g/mol. The Hall–Kier alpha value is -0.906. The molecule has 3 nitrogen and oxygen atoms in total. The lowest BCUT2D eigenvalue weighted by Crippen LogP contribution is -2.47. The zero-order valence-electron chi connectivity index (χ0n) is 26.9. The van der Waals surface area contributed by atoms with Gasteiger partial charge in [0.25, 0.3) is 0 Å². The largest absolute Gasteiger partial charge is 0.416 e. The maximum atomic E-state index is 6.78. The van der Waals surface area contributed by atoms with Gasteiger partial charge in [0.05, 0.1) is 0 Å². The number of rotatable bonds is 11. The van der Waals surface area contributed by atoms with E-state index in [1.165, 1.54) is 11.1 Å². The molecule has 5 heteroatoms. The minimum absolute atomic E-state index is 0.0492. The van der Waals surface area contributed by atoms with Gasteiger partial charge >= 0.3 is 0 Å². The molecule has 4 atom stereocenters. The molecule has 0 saturated carbocycles. The Labute approximate surface area is 238 Å². The van der Waals surface area contributed by atoms with Gasteiger partial charge in [-0.3, -0.25) is 0 Å². The molecule has 2 unspecified atom stereocenters. The van der Waals surface area contributed by atoms with E-state index in [2.05, 4.69) is 119 Å². The zero-order chi connectivity index (χ0) is 28.8. The van der Waals surface area contributed by atoms with E-state index >= 15 is 0 Å². The van der Waals surface area contributed by atoms with Crippen molar-refractivity contribution in [3.8, 4) is 11.5 Å². The highest BCUT2D eigenvalue weighted by atomic mass is 28.4. The number of ether oxygens (including phenoxy) is 2. The summed E-state index contributed by atoms with van der Waals surface area (Å²) in [6.07, 6.45) is 9.37. The van der Waals surface area contributed by atoms with Crippen LogP contribution in [0.5, 0.6) is 0 Å². The lowest BCUT2D eigenvalue weighted by atomic mass is 9.81. The van der Waals surface area contributed by atoms with Crippen LogP contribution in [0.25, 0.3) is 0 Å². The molecule has 1 fully saturated rings. The lowest BCUT2D eigenvalue weighted by Gasteiger charge is -2.42. The van der Waals surface area contributed by atoms with Crippen LogP contribution >= 0.6 is 0 Å². The second-order valence-electron chi connectivity index (χ2n) is 13.9. The Bertz CT molecular complexity index is 902. The van der Waals surface area contributed by atoms with Crippen LogP contribution in [0.4, 0.5) is 0 Å². The van der Waals surface area contributed by atoms with E-state index in [9.17, 15) is 0 Å². The quantitative estimate of drug-likeness (QED) is 0.109. The first-order chi connectivity index (χ1) is 17.6. The standard InChI is InChI=1S/C33H58O3Si2/c1-23(2)29-19-18-27(9)30(22-29)32-31(17-15-21-37(11,12)13)35-33(36-32)28(10)16-14-20-34-38(24(3)4,25(5)6)26(7)8/h16,18,22-26,29,31-33H,14,17,19-20H2,1-13H3/b28-16-/t29-,31+,32?,33?/m0/s1. The number of hydrogen-bond acceptors (Lipinski definition) is 3. The summed E-state index contributed by atoms with van der Waals surface area (Å²) in [5.41, 5.74) is 9.10. The molecule has 1 aliphatic carbocycles. The summed E-state index contributed by atoms with van der Waals surface area (Å²) < 4.78 is 20.0. The van der Waals surface area contributed by atoms with Gasteiger partial charge in [-0.05, 0) is 71.9 Å². The predicted molar refractivity (Wildman–Crippen MR) is 169 cm³/mol. The van der Waals surface area contributed by atoms with Gasteiger partial charge in [-0.2, -0.15) is 0 Å². The molecule has 0 amide bonds. The van der Waals surface area contributed by atoms with Crippen LogP contribution in [-0.2, 0) is 13.9 Å². The molecule has 0 radical (unpaired) electrons. The molecule has 2 aliphatic rings. The van der Waals surface area contributed by atoms with Crippen LogP contribution < -0.4 is 0 Å². The van der Waals surface area contributed by atoms with Gasteiger partial charge < -0.3 is 13.9 Å². The van der Waals surface area contributed by atoms with Crippen LogP contribution in [0.3, 0.4) is 0 Å². The smallest absolute Gasteiger partial charge is 0.200 e. The Balaban J connectivity index is 2.20.